The van der Waals surface area contributed by atoms with Gasteiger partial charge in [0.2, 0.25) is 5.91 Å². The fourth-order valence-electron chi connectivity index (χ4n) is 1.57. The second kappa shape index (κ2) is 4.78. The topological polar surface area (TPSA) is 98.2 Å². The predicted octanol–water partition coefficient (Wildman–Crippen LogP) is 0.00244. The summed E-state index contributed by atoms with van der Waals surface area (Å²) in [4.78, 5) is 21.3. The van der Waals surface area contributed by atoms with E-state index in [-0.39, 0.29) is 12.8 Å². The summed E-state index contributed by atoms with van der Waals surface area (Å²) in [6.45, 7) is 3.94. The molecule has 1 rings (SSSR count). The molecule has 1 aromatic rings. The van der Waals surface area contributed by atoms with E-state index in [9.17, 15) is 9.59 Å². The monoisotopic (exact) mass is 225 g/mol. The number of carbonyl (C=O) groups is 2. The van der Waals surface area contributed by atoms with Crippen molar-refractivity contribution in [2.75, 3.05) is 0 Å². The normalized spacial score (nSPS) is 10.4. The van der Waals surface area contributed by atoms with Crippen molar-refractivity contribution in [2.24, 2.45) is 5.73 Å². The Morgan fingerprint density at radius 1 is 1.44 bits per heavy atom. The van der Waals surface area contributed by atoms with E-state index in [1.54, 1.807) is 18.5 Å². The van der Waals surface area contributed by atoms with Crippen LogP contribution >= 0.6 is 0 Å². The van der Waals surface area contributed by atoms with Crippen LogP contribution in [-0.2, 0) is 22.6 Å². The van der Waals surface area contributed by atoms with Crippen LogP contribution in [0.1, 0.15) is 23.4 Å². The van der Waals surface area contributed by atoms with Crippen molar-refractivity contribution in [3.05, 3.63) is 17.0 Å². The minimum absolute atomic E-state index is 0.0474. The summed E-state index contributed by atoms with van der Waals surface area (Å²) in [6.07, 6.45) is 0.155. The van der Waals surface area contributed by atoms with Crippen molar-refractivity contribution < 1.29 is 14.7 Å². The molecule has 1 heterocycles. The number of rotatable bonds is 5. The Morgan fingerprint density at radius 2 is 2.06 bits per heavy atom. The van der Waals surface area contributed by atoms with E-state index >= 15 is 0 Å². The third kappa shape index (κ3) is 2.82. The summed E-state index contributed by atoms with van der Waals surface area (Å²) in [5.41, 5.74) is 7.21. The van der Waals surface area contributed by atoms with Crippen molar-refractivity contribution in [1.29, 1.82) is 0 Å². The zero-order valence-electron chi connectivity index (χ0n) is 9.36. The van der Waals surface area contributed by atoms with E-state index in [0.29, 0.717) is 17.8 Å². The Labute approximate surface area is 93.1 Å². The van der Waals surface area contributed by atoms with Gasteiger partial charge >= 0.3 is 5.97 Å². The molecule has 0 fully saturated rings. The zero-order chi connectivity index (χ0) is 12.3. The van der Waals surface area contributed by atoms with Crippen LogP contribution in [0.15, 0.2) is 0 Å². The van der Waals surface area contributed by atoms with Crippen molar-refractivity contribution in [1.82, 2.24) is 9.78 Å². The van der Waals surface area contributed by atoms with Gasteiger partial charge in [-0.25, -0.2) is 0 Å². The van der Waals surface area contributed by atoms with Crippen molar-refractivity contribution in [2.45, 2.75) is 33.2 Å². The van der Waals surface area contributed by atoms with Gasteiger partial charge < -0.3 is 10.8 Å². The molecule has 0 aliphatic carbocycles. The lowest BCUT2D eigenvalue weighted by atomic mass is 10.1. The van der Waals surface area contributed by atoms with Gasteiger partial charge in [-0.2, -0.15) is 5.10 Å². The smallest absolute Gasteiger partial charge is 0.307 e. The summed E-state index contributed by atoms with van der Waals surface area (Å²) < 4.78 is 1.62. The standard InChI is InChI=1S/C10H15N3O3/c1-6-8(5-10(15)16)7(2)13(12-6)4-3-9(11)14/h3-5H2,1-2H3,(H2,11,14)(H,15,16). The van der Waals surface area contributed by atoms with E-state index in [1.807, 2.05) is 0 Å². The highest BCUT2D eigenvalue weighted by atomic mass is 16.4. The number of hydrogen-bond acceptors (Lipinski definition) is 3. The minimum atomic E-state index is -0.888. The van der Waals surface area contributed by atoms with Crippen LogP contribution in [-0.4, -0.2) is 26.8 Å². The van der Waals surface area contributed by atoms with E-state index < -0.39 is 11.9 Å². The Hall–Kier alpha value is -1.85. The molecule has 0 unspecified atom stereocenters. The summed E-state index contributed by atoms with van der Waals surface area (Å²) in [7, 11) is 0. The number of aromatic nitrogens is 2. The maximum absolute atomic E-state index is 10.6. The van der Waals surface area contributed by atoms with Gasteiger partial charge in [-0.15, -0.1) is 0 Å². The number of aryl methyl sites for hydroxylation is 2. The highest BCUT2D eigenvalue weighted by molar-refractivity contribution is 5.73. The SMILES string of the molecule is Cc1nn(CCC(N)=O)c(C)c1CC(=O)O. The van der Waals surface area contributed by atoms with E-state index in [2.05, 4.69) is 5.10 Å². The van der Waals surface area contributed by atoms with Gasteiger partial charge in [-0.3, -0.25) is 14.3 Å². The molecule has 0 spiro atoms. The second-order valence-electron chi connectivity index (χ2n) is 3.66. The van der Waals surface area contributed by atoms with E-state index in [0.717, 1.165) is 5.69 Å². The molecule has 3 N–H and O–H groups in total. The van der Waals surface area contributed by atoms with Gasteiger partial charge in [-0.05, 0) is 13.8 Å². The molecule has 0 radical (unpaired) electrons. The molecule has 0 aliphatic rings. The van der Waals surface area contributed by atoms with E-state index in [4.69, 9.17) is 10.8 Å². The Bertz CT molecular complexity index is 423. The first kappa shape index (κ1) is 12.2. The van der Waals surface area contributed by atoms with Crippen LogP contribution in [0.25, 0.3) is 0 Å². The lowest BCUT2D eigenvalue weighted by Gasteiger charge is -2.02. The number of carboxylic acid groups (broad SMARTS) is 1. The first-order chi connectivity index (χ1) is 7.41. The number of primary amides is 1. The number of aliphatic carboxylic acids is 1. The third-order valence-electron chi connectivity index (χ3n) is 2.43. The largest absolute Gasteiger partial charge is 0.481 e. The van der Waals surface area contributed by atoms with Crippen LogP contribution in [0.3, 0.4) is 0 Å². The molecule has 16 heavy (non-hydrogen) atoms. The quantitative estimate of drug-likeness (QED) is 0.737. The number of carboxylic acids is 1. The van der Waals surface area contributed by atoms with Gasteiger partial charge in [0.15, 0.2) is 0 Å². The van der Waals surface area contributed by atoms with Crippen LogP contribution in [0, 0.1) is 13.8 Å². The van der Waals surface area contributed by atoms with Crippen LogP contribution in [0.2, 0.25) is 0 Å². The molecule has 88 valence electrons. The fraction of sp³-hybridized carbons (Fsp3) is 0.500. The highest BCUT2D eigenvalue weighted by Gasteiger charge is 2.14. The maximum atomic E-state index is 10.6. The first-order valence-corrected chi connectivity index (χ1v) is 4.94. The molecule has 0 atom stereocenters. The van der Waals surface area contributed by atoms with Crippen LogP contribution < -0.4 is 5.73 Å². The maximum Gasteiger partial charge on any atom is 0.307 e. The molecule has 6 heteroatoms. The zero-order valence-corrected chi connectivity index (χ0v) is 9.36. The number of nitrogens with two attached hydrogens (primary N) is 1. The lowest BCUT2D eigenvalue weighted by molar-refractivity contribution is -0.136. The first-order valence-electron chi connectivity index (χ1n) is 4.94. The number of hydrogen-bond donors (Lipinski definition) is 2. The Kier molecular flexibility index (Phi) is 3.65. The van der Waals surface area contributed by atoms with Crippen molar-refractivity contribution in [3.8, 4) is 0 Å². The number of carbonyl (C=O) groups excluding carboxylic acids is 1. The van der Waals surface area contributed by atoms with Gasteiger partial charge in [0.25, 0.3) is 0 Å². The number of nitrogens with zero attached hydrogens (tertiary/aromatic N) is 2. The van der Waals surface area contributed by atoms with Gasteiger partial charge in [0, 0.05) is 24.2 Å². The summed E-state index contributed by atoms with van der Waals surface area (Å²) in [5.74, 6) is -1.28. The molecular formula is C10H15N3O3. The van der Waals surface area contributed by atoms with E-state index in [1.165, 1.54) is 0 Å². The molecule has 0 saturated carbocycles. The Morgan fingerprint density at radius 3 is 2.56 bits per heavy atom. The molecule has 6 nitrogen and oxygen atoms in total. The van der Waals surface area contributed by atoms with Crippen molar-refractivity contribution >= 4 is 11.9 Å². The van der Waals surface area contributed by atoms with Gasteiger partial charge in [0.1, 0.15) is 0 Å². The highest BCUT2D eigenvalue weighted by Crippen LogP contribution is 2.14. The van der Waals surface area contributed by atoms with Crippen LogP contribution in [0.4, 0.5) is 0 Å². The third-order valence-corrected chi connectivity index (χ3v) is 2.43. The van der Waals surface area contributed by atoms with Crippen LogP contribution in [0.5, 0.6) is 0 Å². The second-order valence-corrected chi connectivity index (χ2v) is 3.66. The Balaban J connectivity index is 2.88. The fourth-order valence-corrected chi connectivity index (χ4v) is 1.57. The van der Waals surface area contributed by atoms with Gasteiger partial charge in [0.05, 0.1) is 12.1 Å². The average molecular weight is 225 g/mol. The predicted molar refractivity (Wildman–Crippen MR) is 56.9 cm³/mol. The summed E-state index contributed by atoms with van der Waals surface area (Å²) >= 11 is 0. The molecular weight excluding hydrogens is 210 g/mol. The molecule has 0 aromatic carbocycles. The lowest BCUT2D eigenvalue weighted by Crippen LogP contribution is -2.15. The molecule has 0 bridgehead atoms. The summed E-state index contributed by atoms with van der Waals surface area (Å²) in [6, 6.07) is 0. The van der Waals surface area contributed by atoms with Crippen molar-refractivity contribution in [3.63, 3.8) is 0 Å². The van der Waals surface area contributed by atoms with Gasteiger partial charge in [-0.1, -0.05) is 0 Å². The average Bonchev–Trinajstić information content (AvgIpc) is 2.42. The number of amides is 1. The molecule has 0 saturated heterocycles. The molecule has 0 aliphatic heterocycles. The molecule has 1 aromatic heterocycles. The summed E-state index contributed by atoms with van der Waals surface area (Å²) in [5, 5.41) is 12.9. The minimum Gasteiger partial charge on any atom is -0.481 e. The molecule has 1 amide bonds.